The number of hydrogen-bond donors (Lipinski definition) is 4. The zero-order chi connectivity index (χ0) is 24.8. The summed E-state index contributed by atoms with van der Waals surface area (Å²) in [6.45, 7) is 14.0. The monoisotopic (exact) mass is 469 g/mol. The molecule has 0 spiro atoms. The Bertz CT molecular complexity index is 1030. The lowest BCUT2D eigenvalue weighted by molar-refractivity contribution is 0.0137. The van der Waals surface area contributed by atoms with Crippen LogP contribution in [-0.4, -0.2) is 65.2 Å². The van der Waals surface area contributed by atoms with Crippen molar-refractivity contribution in [3.05, 3.63) is 40.7 Å². The van der Waals surface area contributed by atoms with Gasteiger partial charge in [0.05, 0.1) is 35.6 Å². The van der Waals surface area contributed by atoms with Crippen molar-refractivity contribution in [2.45, 2.75) is 83.5 Å². The zero-order valence-corrected chi connectivity index (χ0v) is 21.2. The summed E-state index contributed by atoms with van der Waals surface area (Å²) in [5.41, 5.74) is 8.00. The maximum atomic E-state index is 13.5. The van der Waals surface area contributed by atoms with E-state index in [9.17, 15) is 9.90 Å². The van der Waals surface area contributed by atoms with Crippen LogP contribution in [0.15, 0.2) is 34.6 Å². The molecular weight excluding hydrogens is 430 g/mol. The number of nitrogens with two attached hydrogens (primary N) is 1. The molecule has 8 nitrogen and oxygen atoms in total. The second kappa shape index (κ2) is 8.80. The number of nitrogens with zero attached hydrogens (tertiary/aromatic N) is 2. The lowest BCUT2D eigenvalue weighted by Crippen LogP contribution is -2.65. The van der Waals surface area contributed by atoms with E-state index in [1.807, 2.05) is 39.8 Å². The van der Waals surface area contributed by atoms with Gasteiger partial charge in [-0.05, 0) is 44.2 Å². The minimum absolute atomic E-state index is 0.0562. The van der Waals surface area contributed by atoms with Gasteiger partial charge in [0.2, 0.25) is 0 Å². The van der Waals surface area contributed by atoms with Crippen LogP contribution in [0, 0.1) is 0 Å². The summed E-state index contributed by atoms with van der Waals surface area (Å²) < 4.78 is 5.96. The van der Waals surface area contributed by atoms with Gasteiger partial charge in [0.15, 0.2) is 0 Å². The Morgan fingerprint density at radius 2 is 2.09 bits per heavy atom. The van der Waals surface area contributed by atoms with Gasteiger partial charge < -0.3 is 31.1 Å². The number of fused-ring (bicyclic) bond motifs is 2. The molecule has 1 aromatic carbocycles. The molecule has 5 N–H and O–H groups in total. The molecule has 3 heterocycles. The number of amides is 1. The van der Waals surface area contributed by atoms with E-state index < -0.39 is 17.7 Å². The highest BCUT2D eigenvalue weighted by Gasteiger charge is 2.58. The maximum Gasteiger partial charge on any atom is 0.255 e. The summed E-state index contributed by atoms with van der Waals surface area (Å²) in [4.78, 5) is 20.3. The van der Waals surface area contributed by atoms with E-state index in [2.05, 4.69) is 29.4 Å². The number of benzene rings is 1. The molecule has 0 aromatic heterocycles. The van der Waals surface area contributed by atoms with Crippen molar-refractivity contribution in [1.82, 2.24) is 15.5 Å². The molecular formula is C26H39N5O3. The Kier molecular flexibility index (Phi) is 6.31. The summed E-state index contributed by atoms with van der Waals surface area (Å²) in [6.07, 6.45) is 0.720. The number of aliphatic hydroxyl groups is 1. The van der Waals surface area contributed by atoms with Crippen LogP contribution in [0.1, 0.15) is 70.3 Å². The van der Waals surface area contributed by atoms with Crippen LogP contribution in [0.3, 0.4) is 0 Å². The molecule has 0 saturated carbocycles. The molecule has 1 aromatic rings. The summed E-state index contributed by atoms with van der Waals surface area (Å²) in [7, 11) is 0. The Balaban J connectivity index is 1.65. The molecule has 1 amide bonds. The summed E-state index contributed by atoms with van der Waals surface area (Å²) in [5, 5.41) is 18.1. The molecule has 2 fully saturated rings. The number of rotatable bonds is 4. The standard InChI is InChI=1S/C26H39N5O3/c1-7-20(27)30-19-13-28-23(15(2)3)31-14-18(22(32)26(19,31)6)29-24(33)16-9-8-10-17-21(16)34-12-11-25(17,4)5/h8-10,18-19,22,28,32H,7,11-14H2,1-6H3,(H2,27,30)(H,29,33)/t18-,19?,22-,26+/m1/s1. The van der Waals surface area contributed by atoms with Crippen molar-refractivity contribution in [3.8, 4) is 5.75 Å². The lowest BCUT2D eigenvalue weighted by Gasteiger charge is -2.48. The average Bonchev–Trinajstić information content (AvgIpc) is 3.04. The second-order valence-electron chi connectivity index (χ2n) is 10.7. The number of para-hydroxylation sites is 1. The van der Waals surface area contributed by atoms with Gasteiger partial charge in [-0.3, -0.25) is 9.79 Å². The fourth-order valence-electron chi connectivity index (χ4n) is 5.50. The predicted molar refractivity (Wildman–Crippen MR) is 134 cm³/mol. The SMILES string of the molecule is CCC(N)=NC1CNC(=C(C)C)N2C[C@@H](NC(=O)c3cccc4c3OCCC4(C)C)[C@@H](O)[C@]12C. The fourth-order valence-corrected chi connectivity index (χ4v) is 5.50. The predicted octanol–water partition coefficient (Wildman–Crippen LogP) is 2.27. The van der Waals surface area contributed by atoms with Gasteiger partial charge in [-0.25, -0.2) is 0 Å². The van der Waals surface area contributed by atoms with Gasteiger partial charge >= 0.3 is 0 Å². The van der Waals surface area contributed by atoms with Crippen LogP contribution in [0.2, 0.25) is 0 Å². The van der Waals surface area contributed by atoms with Gasteiger partial charge in [-0.15, -0.1) is 0 Å². The maximum absolute atomic E-state index is 13.5. The molecule has 34 heavy (non-hydrogen) atoms. The highest BCUT2D eigenvalue weighted by atomic mass is 16.5. The van der Waals surface area contributed by atoms with Crippen molar-refractivity contribution in [1.29, 1.82) is 0 Å². The summed E-state index contributed by atoms with van der Waals surface area (Å²) in [5.74, 6) is 1.95. The second-order valence-corrected chi connectivity index (χ2v) is 10.7. The van der Waals surface area contributed by atoms with Gasteiger partial charge in [0.1, 0.15) is 17.7 Å². The number of hydrogen-bond acceptors (Lipinski definition) is 6. The number of ether oxygens (including phenoxy) is 1. The van der Waals surface area contributed by atoms with E-state index in [4.69, 9.17) is 15.5 Å². The first-order valence-electron chi connectivity index (χ1n) is 12.3. The molecule has 0 radical (unpaired) electrons. The first-order chi connectivity index (χ1) is 16.0. The first kappa shape index (κ1) is 24.4. The van der Waals surface area contributed by atoms with Crippen LogP contribution in [0.5, 0.6) is 5.75 Å². The molecule has 4 rings (SSSR count). The molecule has 8 heteroatoms. The Labute approximate surface area is 202 Å². The van der Waals surface area contributed by atoms with E-state index in [0.29, 0.717) is 43.3 Å². The van der Waals surface area contributed by atoms with E-state index in [1.54, 1.807) is 6.07 Å². The molecule has 1 unspecified atom stereocenters. The van der Waals surface area contributed by atoms with Crippen molar-refractivity contribution in [2.75, 3.05) is 19.7 Å². The normalized spacial score (nSPS) is 30.1. The van der Waals surface area contributed by atoms with Crippen LogP contribution >= 0.6 is 0 Å². The summed E-state index contributed by atoms with van der Waals surface area (Å²) >= 11 is 0. The minimum Gasteiger partial charge on any atom is -0.492 e. The fraction of sp³-hybridized carbons (Fsp3) is 0.615. The van der Waals surface area contributed by atoms with Crippen molar-refractivity contribution in [3.63, 3.8) is 0 Å². The highest BCUT2D eigenvalue weighted by molar-refractivity contribution is 5.98. The number of allylic oxidation sites excluding steroid dienone is 1. The summed E-state index contributed by atoms with van der Waals surface area (Å²) in [6, 6.07) is 5.01. The molecule has 4 atom stereocenters. The molecule has 186 valence electrons. The van der Waals surface area contributed by atoms with E-state index in [0.717, 1.165) is 23.4 Å². The zero-order valence-electron chi connectivity index (χ0n) is 21.2. The molecule has 2 saturated heterocycles. The molecule has 3 aliphatic rings. The van der Waals surface area contributed by atoms with Crippen LogP contribution in [0.25, 0.3) is 0 Å². The average molecular weight is 470 g/mol. The molecule has 0 aliphatic carbocycles. The van der Waals surface area contributed by atoms with Crippen molar-refractivity contribution in [2.24, 2.45) is 10.7 Å². The number of aliphatic hydroxyl groups excluding tert-OH is 1. The van der Waals surface area contributed by atoms with Crippen molar-refractivity contribution < 1.29 is 14.6 Å². The Morgan fingerprint density at radius 1 is 1.35 bits per heavy atom. The number of amidine groups is 1. The molecule has 3 aliphatic heterocycles. The Hall–Kier alpha value is -2.74. The van der Waals surface area contributed by atoms with Crippen LogP contribution in [0.4, 0.5) is 0 Å². The quantitative estimate of drug-likeness (QED) is 0.398. The number of carbonyl (C=O) groups is 1. The van der Waals surface area contributed by atoms with E-state index >= 15 is 0 Å². The van der Waals surface area contributed by atoms with Gasteiger partial charge in [-0.1, -0.05) is 32.9 Å². The van der Waals surface area contributed by atoms with Crippen LogP contribution in [-0.2, 0) is 5.41 Å². The Morgan fingerprint density at radius 3 is 2.76 bits per heavy atom. The number of aliphatic imine (C=N–C) groups is 1. The third-order valence-electron chi connectivity index (χ3n) is 7.78. The topological polar surface area (TPSA) is 112 Å². The number of carbonyl (C=O) groups excluding carboxylic acids is 1. The third kappa shape index (κ3) is 3.91. The van der Waals surface area contributed by atoms with Gasteiger partial charge in [0, 0.05) is 25.1 Å². The smallest absolute Gasteiger partial charge is 0.255 e. The van der Waals surface area contributed by atoms with Gasteiger partial charge in [0.25, 0.3) is 5.91 Å². The highest BCUT2D eigenvalue weighted by Crippen LogP contribution is 2.42. The molecule has 0 bridgehead atoms. The largest absolute Gasteiger partial charge is 0.492 e. The minimum atomic E-state index is -0.830. The van der Waals surface area contributed by atoms with Crippen molar-refractivity contribution >= 4 is 11.7 Å². The number of nitrogens with one attached hydrogen (secondary N) is 2. The van der Waals surface area contributed by atoms with Crippen LogP contribution < -0.4 is 21.1 Å². The van der Waals surface area contributed by atoms with E-state index in [-0.39, 0.29) is 17.4 Å². The van der Waals surface area contributed by atoms with Gasteiger partial charge in [-0.2, -0.15) is 0 Å². The van der Waals surface area contributed by atoms with E-state index in [1.165, 1.54) is 0 Å². The third-order valence-corrected chi connectivity index (χ3v) is 7.78. The lowest BCUT2D eigenvalue weighted by atomic mass is 9.79. The first-order valence-corrected chi connectivity index (χ1v) is 12.3.